The van der Waals surface area contributed by atoms with Crippen LogP contribution in [0.5, 0.6) is 5.75 Å². The zero-order valence-corrected chi connectivity index (χ0v) is 50.5. The van der Waals surface area contributed by atoms with Gasteiger partial charge in [-0.1, -0.05) is 67.5 Å². The van der Waals surface area contributed by atoms with Crippen molar-refractivity contribution in [3.05, 3.63) is 29.8 Å². The van der Waals surface area contributed by atoms with Crippen LogP contribution in [0.1, 0.15) is 139 Å². The number of carbonyl (C=O) groups is 12. The molecule has 1 aromatic carbocycles. The van der Waals surface area contributed by atoms with Crippen LogP contribution >= 0.6 is 0 Å². The number of aromatic hydroxyl groups is 1. The SMILES string of the molecule is CC(C)C[C@H](NC(=O)[C@H](C)NC(=O)[C@@H](N)CC(N)=O)C(=O)N[C@@H](CC(C)C)C(=O)N[C@@H](CCCN=C(N)N)C(=O)N[C@@H](Cc1ccc(O)cc1)C(=O)N[C@@H](CC(C)C)C(=O)N[C@@H](CC(C)C)C(=O)N[C@@H](CC(=O)O)C(=O)N[C@H](C=O)CCCCN. The summed E-state index contributed by atoms with van der Waals surface area (Å²) in [5.74, 6) is -11.3. The molecule has 85 heavy (non-hydrogen) atoms. The fourth-order valence-electron chi connectivity index (χ4n) is 8.64. The number of benzene rings is 1. The molecule has 0 aliphatic carbocycles. The van der Waals surface area contributed by atoms with Crippen LogP contribution in [0.25, 0.3) is 0 Å². The van der Waals surface area contributed by atoms with Gasteiger partial charge in [-0.15, -0.1) is 0 Å². The predicted molar refractivity (Wildman–Crippen MR) is 316 cm³/mol. The van der Waals surface area contributed by atoms with E-state index in [1.165, 1.54) is 31.2 Å². The maximum absolute atomic E-state index is 14.7. The molecule has 0 aliphatic rings. The first-order valence-electron chi connectivity index (χ1n) is 28.7. The van der Waals surface area contributed by atoms with Crippen LogP contribution < -0.4 is 76.5 Å². The first kappa shape index (κ1) is 75.1. The molecule has 0 saturated carbocycles. The summed E-state index contributed by atoms with van der Waals surface area (Å²) in [6.45, 7) is 15.9. The van der Waals surface area contributed by atoms with Crippen molar-refractivity contribution in [3.8, 4) is 5.75 Å². The standard InChI is InChI=1S/C56H95N15O14/c1-29(2)21-39(66-47(77)33(9)63-48(78)37(58)26-45(59)74)52(82)67-40(22-30(3)4)51(81)65-38(14-12-20-62-56(60)61)49(79)70-43(25-34-15-17-36(73)18-16-34)55(85)69-41(23-31(5)6)53(83)68-42(24-32(7)8)54(84)71-44(27-46(75)76)50(80)64-35(28-72)13-10-11-19-57/h15-18,28-33,35,37-44,73H,10-14,19-27,57-58H2,1-9H3,(H2,59,74)(H,63,78)(H,64,80)(H,65,81)(H,66,77)(H,67,82)(H,68,83)(H,69,85)(H,70,79)(H,71,84)(H,75,76)(H4,60,61,62)/t33-,35-,37-,38-,39-,40-,41-,42-,43-,44-/m0/s1. The van der Waals surface area contributed by atoms with Crippen molar-refractivity contribution in [3.63, 3.8) is 0 Å². The number of hydrogen-bond acceptors (Lipinski definition) is 16. The molecular formula is C56H95N15O14. The predicted octanol–water partition coefficient (Wildman–Crippen LogP) is -2.44. The lowest BCUT2D eigenvalue weighted by atomic mass is 9.98. The van der Waals surface area contributed by atoms with Gasteiger partial charge in [0.1, 0.15) is 60.4 Å². The topological polar surface area (TPSA) is 496 Å². The number of primary amides is 1. The van der Waals surface area contributed by atoms with E-state index in [2.05, 4.69) is 52.8 Å². The molecule has 0 heterocycles. The van der Waals surface area contributed by atoms with Gasteiger partial charge in [0, 0.05) is 13.0 Å². The highest BCUT2D eigenvalue weighted by molar-refractivity contribution is 5.99. The first-order chi connectivity index (χ1) is 39.8. The van der Waals surface area contributed by atoms with Crippen molar-refractivity contribution in [1.82, 2.24) is 47.9 Å². The maximum atomic E-state index is 14.7. The number of rotatable bonds is 41. The highest BCUT2D eigenvalue weighted by atomic mass is 16.4. The average molecular weight is 1200 g/mol. The first-order valence-corrected chi connectivity index (χ1v) is 28.7. The lowest BCUT2D eigenvalue weighted by Gasteiger charge is -2.29. The summed E-state index contributed by atoms with van der Waals surface area (Å²) in [6, 6.07) is -7.74. The third-order valence-electron chi connectivity index (χ3n) is 12.9. The fraction of sp³-hybridized carbons (Fsp3) is 0.661. The molecule has 0 aromatic heterocycles. The maximum Gasteiger partial charge on any atom is 0.305 e. The minimum atomic E-state index is -1.66. The Morgan fingerprint density at radius 2 is 0.894 bits per heavy atom. The minimum absolute atomic E-state index is 0.00356. The molecule has 0 bridgehead atoms. The van der Waals surface area contributed by atoms with E-state index in [1.807, 2.05) is 0 Å². The van der Waals surface area contributed by atoms with Gasteiger partial charge >= 0.3 is 5.97 Å². The Bertz CT molecular complexity index is 2420. The third kappa shape index (κ3) is 31.0. The van der Waals surface area contributed by atoms with E-state index in [0.29, 0.717) is 31.2 Å². The second-order valence-electron chi connectivity index (χ2n) is 22.9. The van der Waals surface area contributed by atoms with E-state index in [0.717, 1.165) is 0 Å². The largest absolute Gasteiger partial charge is 0.508 e. The Morgan fingerprint density at radius 1 is 0.494 bits per heavy atom. The number of hydrogen-bond donors (Lipinski definition) is 16. The number of unbranched alkanes of at least 4 members (excludes halogenated alkanes) is 1. The van der Waals surface area contributed by atoms with Crippen LogP contribution in [0.3, 0.4) is 0 Å². The molecule has 0 fully saturated rings. The van der Waals surface area contributed by atoms with Gasteiger partial charge in [-0.05, 0) is 113 Å². The molecule has 0 spiro atoms. The van der Waals surface area contributed by atoms with Crippen molar-refractivity contribution in [2.24, 2.45) is 57.3 Å². The molecule has 10 atom stereocenters. The number of guanidine groups is 1. The second-order valence-corrected chi connectivity index (χ2v) is 22.9. The molecular weight excluding hydrogens is 1110 g/mol. The van der Waals surface area contributed by atoms with Crippen LogP contribution in [0.4, 0.5) is 0 Å². The normalized spacial score (nSPS) is 14.8. The average Bonchev–Trinajstić information content (AvgIpc) is 3.58. The summed E-state index contributed by atoms with van der Waals surface area (Å²) < 4.78 is 0. The number of nitrogens with one attached hydrogen (secondary N) is 9. The summed E-state index contributed by atoms with van der Waals surface area (Å²) in [6.07, 6.45) is 0.247. The highest BCUT2D eigenvalue weighted by Gasteiger charge is 2.36. The molecule has 0 saturated heterocycles. The van der Waals surface area contributed by atoms with Crippen molar-refractivity contribution in [1.29, 1.82) is 0 Å². The zero-order chi connectivity index (χ0) is 64.7. The molecule has 29 heteroatoms. The van der Waals surface area contributed by atoms with E-state index in [4.69, 9.17) is 28.7 Å². The van der Waals surface area contributed by atoms with Crippen LogP contribution in [0, 0.1) is 23.7 Å². The van der Waals surface area contributed by atoms with Gasteiger partial charge in [-0.25, -0.2) is 0 Å². The number of aliphatic carboxylic acids is 1. The molecule has 0 aliphatic heterocycles. The number of nitrogens with zero attached hydrogens (tertiary/aromatic N) is 1. The van der Waals surface area contributed by atoms with Crippen LogP contribution in [-0.2, 0) is 64.0 Å². The summed E-state index contributed by atoms with van der Waals surface area (Å²) in [5.41, 5.74) is 28.0. The smallest absolute Gasteiger partial charge is 0.305 e. The summed E-state index contributed by atoms with van der Waals surface area (Å²) >= 11 is 0. The van der Waals surface area contributed by atoms with Crippen LogP contribution in [-0.4, -0.2) is 161 Å². The van der Waals surface area contributed by atoms with E-state index in [1.54, 1.807) is 55.4 Å². The number of carboxylic acids is 1. The third-order valence-corrected chi connectivity index (χ3v) is 12.9. The van der Waals surface area contributed by atoms with Gasteiger partial charge in [0.05, 0.1) is 24.9 Å². The number of carboxylic acid groups (broad SMARTS) is 1. The number of nitrogens with two attached hydrogens (primary N) is 5. The van der Waals surface area contributed by atoms with E-state index in [-0.39, 0.29) is 93.3 Å². The Labute approximate surface area is 497 Å². The number of carbonyl (C=O) groups excluding carboxylic acids is 11. The second kappa shape index (κ2) is 38.8. The van der Waals surface area contributed by atoms with Crippen molar-refractivity contribution < 1.29 is 67.7 Å². The molecule has 10 amide bonds. The summed E-state index contributed by atoms with van der Waals surface area (Å²) in [4.78, 5) is 164. The van der Waals surface area contributed by atoms with Gasteiger partial charge in [-0.2, -0.15) is 0 Å². The van der Waals surface area contributed by atoms with Gasteiger partial charge < -0.3 is 91.5 Å². The Balaban J connectivity index is 3.71. The quantitative estimate of drug-likeness (QED) is 0.0140. The Morgan fingerprint density at radius 3 is 1.31 bits per heavy atom. The number of amides is 10. The van der Waals surface area contributed by atoms with Gasteiger partial charge in [0.25, 0.3) is 0 Å². The molecule has 1 rings (SSSR count). The molecule has 21 N–H and O–H groups in total. The highest BCUT2D eigenvalue weighted by Crippen LogP contribution is 2.16. The zero-order valence-electron chi connectivity index (χ0n) is 50.5. The van der Waals surface area contributed by atoms with Crippen molar-refractivity contribution in [2.75, 3.05) is 13.1 Å². The number of aldehydes is 1. The number of phenolic OH excluding ortho intramolecular Hbond substituents is 1. The monoisotopic (exact) mass is 1200 g/mol. The van der Waals surface area contributed by atoms with Crippen LogP contribution in [0.15, 0.2) is 29.3 Å². The lowest BCUT2D eigenvalue weighted by Crippen LogP contribution is -2.61. The van der Waals surface area contributed by atoms with Gasteiger partial charge in [0.2, 0.25) is 59.1 Å². The Kier molecular flexibility index (Phi) is 34.3. The van der Waals surface area contributed by atoms with E-state index < -0.39 is 138 Å². The minimum Gasteiger partial charge on any atom is -0.508 e. The van der Waals surface area contributed by atoms with Crippen molar-refractivity contribution in [2.45, 2.75) is 200 Å². The van der Waals surface area contributed by atoms with Gasteiger partial charge in [-0.3, -0.25) is 57.7 Å². The molecule has 29 nitrogen and oxygen atoms in total. The number of phenols is 1. The summed E-state index contributed by atoms with van der Waals surface area (Å²) in [7, 11) is 0. The molecule has 0 unspecified atom stereocenters. The van der Waals surface area contributed by atoms with E-state index in [9.17, 15) is 67.7 Å². The van der Waals surface area contributed by atoms with Crippen LogP contribution in [0.2, 0.25) is 0 Å². The van der Waals surface area contributed by atoms with E-state index >= 15 is 0 Å². The summed E-state index contributed by atoms with van der Waals surface area (Å²) in [5, 5.41) is 43.1. The molecule has 0 radical (unpaired) electrons. The fourth-order valence-corrected chi connectivity index (χ4v) is 8.64. The lowest BCUT2D eigenvalue weighted by molar-refractivity contribution is -0.141. The van der Waals surface area contributed by atoms with Gasteiger partial charge in [0.15, 0.2) is 5.96 Å². The molecule has 1 aromatic rings. The Hall–Kier alpha value is -7.95. The molecule has 478 valence electrons. The number of aliphatic imine (C=N–C) groups is 1. The van der Waals surface area contributed by atoms with Crippen molar-refractivity contribution >= 4 is 77.3 Å².